The third-order valence-corrected chi connectivity index (χ3v) is 5.35. The van der Waals surface area contributed by atoms with E-state index in [0.717, 1.165) is 4.90 Å². The third-order valence-electron chi connectivity index (χ3n) is 4.30. The van der Waals surface area contributed by atoms with E-state index in [4.69, 9.17) is 4.74 Å². The van der Waals surface area contributed by atoms with Crippen molar-refractivity contribution in [2.45, 2.75) is 36.7 Å². The molecular weight excluding hydrogens is 334 g/mol. The maximum Gasteiger partial charge on any atom is 0.262 e. The zero-order valence-electron chi connectivity index (χ0n) is 13.0. The number of imide groups is 1. The molecule has 0 radical (unpaired) electrons. The normalized spacial score (nSPS) is 33.0. The van der Waals surface area contributed by atoms with Crippen molar-refractivity contribution in [3.63, 3.8) is 0 Å². The standard InChI is InChI=1S/C16H19NO6S/c1-2-24-16-11(13(20)12(19)10(7-18)23-16)17-14(21)8-5-3-4-6-9(8)15(17)22/h3-6,10-13,16,18-20H,2,7H2,1H3/t10?,11?,12?,13-,16?/m1/s1. The predicted octanol–water partition coefficient (Wildman–Crippen LogP) is -0.157. The van der Waals surface area contributed by atoms with Gasteiger partial charge in [0.1, 0.15) is 29.8 Å². The van der Waals surface area contributed by atoms with Crippen LogP contribution in [0.25, 0.3) is 0 Å². The molecule has 0 saturated carbocycles. The van der Waals surface area contributed by atoms with Crippen molar-refractivity contribution in [3.8, 4) is 0 Å². The Hall–Kier alpha value is -1.45. The molecule has 1 aromatic carbocycles. The van der Waals surface area contributed by atoms with Gasteiger partial charge in [0.05, 0.1) is 17.7 Å². The van der Waals surface area contributed by atoms with E-state index in [9.17, 15) is 24.9 Å². The van der Waals surface area contributed by atoms with E-state index in [0.29, 0.717) is 5.75 Å². The van der Waals surface area contributed by atoms with Crippen molar-refractivity contribution >= 4 is 23.6 Å². The number of ether oxygens (including phenoxy) is 1. The first-order chi connectivity index (χ1) is 11.5. The van der Waals surface area contributed by atoms with Crippen LogP contribution in [0.5, 0.6) is 0 Å². The molecule has 2 aliphatic heterocycles. The highest BCUT2D eigenvalue weighted by Gasteiger charge is 2.52. The summed E-state index contributed by atoms with van der Waals surface area (Å²) in [5.74, 6) is -0.412. The molecular formula is C16H19NO6S. The second kappa shape index (κ2) is 6.81. The molecule has 4 unspecified atom stereocenters. The Kier molecular flexibility index (Phi) is 4.93. The number of hydrogen-bond acceptors (Lipinski definition) is 7. The molecule has 1 aromatic rings. The smallest absolute Gasteiger partial charge is 0.262 e. The fourth-order valence-electron chi connectivity index (χ4n) is 3.12. The molecule has 0 spiro atoms. The highest BCUT2D eigenvalue weighted by Crippen LogP contribution is 2.35. The lowest BCUT2D eigenvalue weighted by Gasteiger charge is -2.44. The summed E-state index contributed by atoms with van der Waals surface area (Å²) in [4.78, 5) is 26.3. The molecule has 130 valence electrons. The zero-order chi connectivity index (χ0) is 17.4. The molecule has 24 heavy (non-hydrogen) atoms. The molecule has 1 saturated heterocycles. The van der Waals surface area contributed by atoms with Crippen molar-refractivity contribution in [3.05, 3.63) is 35.4 Å². The lowest BCUT2D eigenvalue weighted by molar-refractivity contribution is -0.181. The average molecular weight is 353 g/mol. The number of rotatable bonds is 4. The molecule has 2 amide bonds. The van der Waals surface area contributed by atoms with Crippen LogP contribution < -0.4 is 0 Å². The Labute approximate surface area is 143 Å². The number of amides is 2. The maximum absolute atomic E-state index is 12.7. The number of aliphatic hydroxyl groups excluding tert-OH is 3. The van der Waals surface area contributed by atoms with Gasteiger partial charge in [0, 0.05) is 0 Å². The largest absolute Gasteiger partial charge is 0.394 e. The minimum atomic E-state index is -1.40. The van der Waals surface area contributed by atoms with Crippen LogP contribution >= 0.6 is 11.8 Å². The fraction of sp³-hybridized carbons (Fsp3) is 0.500. The Morgan fingerprint density at radius 2 is 1.71 bits per heavy atom. The first-order valence-electron chi connectivity index (χ1n) is 7.72. The quantitative estimate of drug-likeness (QED) is 0.646. The van der Waals surface area contributed by atoms with Crippen LogP contribution in [0.4, 0.5) is 0 Å². The van der Waals surface area contributed by atoms with Crippen molar-refractivity contribution in [1.29, 1.82) is 0 Å². The number of nitrogens with zero attached hydrogens (tertiary/aromatic N) is 1. The minimum Gasteiger partial charge on any atom is -0.394 e. The Morgan fingerprint density at radius 3 is 2.21 bits per heavy atom. The summed E-state index contributed by atoms with van der Waals surface area (Å²) in [5.41, 5.74) is -0.185. The van der Waals surface area contributed by atoms with Gasteiger partial charge in [-0.25, -0.2) is 0 Å². The molecule has 3 N–H and O–H groups in total. The summed E-state index contributed by atoms with van der Waals surface area (Å²) < 4.78 is 5.64. The van der Waals surface area contributed by atoms with Gasteiger partial charge < -0.3 is 20.1 Å². The van der Waals surface area contributed by atoms with Gasteiger partial charge in [-0.15, -0.1) is 11.8 Å². The molecule has 8 heteroatoms. The summed E-state index contributed by atoms with van der Waals surface area (Å²) in [7, 11) is 0. The van der Waals surface area contributed by atoms with E-state index < -0.39 is 48.2 Å². The molecule has 7 nitrogen and oxygen atoms in total. The molecule has 3 rings (SSSR count). The summed E-state index contributed by atoms with van der Waals surface area (Å²) in [6.07, 6.45) is -3.75. The van der Waals surface area contributed by atoms with Gasteiger partial charge in [0.25, 0.3) is 11.8 Å². The van der Waals surface area contributed by atoms with Crippen molar-refractivity contribution < 1.29 is 29.6 Å². The molecule has 0 bridgehead atoms. The second-order valence-corrected chi connectivity index (χ2v) is 7.05. The number of hydrogen-bond donors (Lipinski definition) is 3. The highest BCUT2D eigenvalue weighted by atomic mass is 32.2. The van der Waals surface area contributed by atoms with E-state index in [1.165, 1.54) is 11.8 Å². The number of carbonyl (C=O) groups excluding carboxylic acids is 2. The lowest BCUT2D eigenvalue weighted by Crippen LogP contribution is -2.64. The molecule has 2 heterocycles. The number of thioether (sulfide) groups is 1. The van der Waals surface area contributed by atoms with Gasteiger partial charge >= 0.3 is 0 Å². The van der Waals surface area contributed by atoms with E-state index in [2.05, 4.69) is 0 Å². The van der Waals surface area contributed by atoms with Gasteiger partial charge in [-0.3, -0.25) is 14.5 Å². The molecule has 1 fully saturated rings. The first-order valence-corrected chi connectivity index (χ1v) is 8.77. The van der Waals surface area contributed by atoms with Crippen LogP contribution in [0, 0.1) is 0 Å². The highest BCUT2D eigenvalue weighted by molar-refractivity contribution is 7.99. The van der Waals surface area contributed by atoms with E-state index in [1.807, 2.05) is 6.92 Å². The van der Waals surface area contributed by atoms with E-state index in [-0.39, 0.29) is 11.1 Å². The maximum atomic E-state index is 12.7. The van der Waals surface area contributed by atoms with E-state index in [1.54, 1.807) is 24.3 Å². The number of fused-ring (bicyclic) bond motifs is 1. The number of aliphatic hydroxyl groups is 3. The minimum absolute atomic E-state index is 0.272. The zero-order valence-corrected chi connectivity index (χ0v) is 13.8. The van der Waals surface area contributed by atoms with Gasteiger partial charge in [-0.05, 0) is 17.9 Å². The molecule has 0 aliphatic carbocycles. The first kappa shape index (κ1) is 17.4. The van der Waals surface area contributed by atoms with Gasteiger partial charge in [0.15, 0.2) is 0 Å². The van der Waals surface area contributed by atoms with Crippen LogP contribution in [0.15, 0.2) is 24.3 Å². The summed E-state index contributed by atoms with van der Waals surface area (Å²) >= 11 is 1.30. The Balaban J connectivity index is 1.97. The number of carbonyl (C=O) groups is 2. The SMILES string of the molecule is CCSC1OC(CO)C(O)[C@H](O)C1N1C(=O)c2ccccc2C1=O. The average Bonchev–Trinajstić information content (AvgIpc) is 2.83. The summed E-state index contributed by atoms with van der Waals surface area (Å²) in [5, 5.41) is 30.0. The van der Waals surface area contributed by atoms with Gasteiger partial charge in [0.2, 0.25) is 0 Å². The van der Waals surface area contributed by atoms with Crippen molar-refractivity contribution in [2.24, 2.45) is 0 Å². The summed E-state index contributed by atoms with van der Waals surface area (Å²) in [6.45, 7) is 1.41. The van der Waals surface area contributed by atoms with Crippen LogP contribution in [0.2, 0.25) is 0 Å². The van der Waals surface area contributed by atoms with Crippen molar-refractivity contribution in [2.75, 3.05) is 12.4 Å². The summed E-state index contributed by atoms with van der Waals surface area (Å²) in [6, 6.07) is 5.41. The van der Waals surface area contributed by atoms with Crippen LogP contribution in [-0.4, -0.2) is 74.2 Å². The van der Waals surface area contributed by atoms with Crippen LogP contribution in [0.1, 0.15) is 27.6 Å². The topological polar surface area (TPSA) is 107 Å². The molecule has 2 aliphatic rings. The van der Waals surface area contributed by atoms with Gasteiger partial charge in [-0.2, -0.15) is 0 Å². The van der Waals surface area contributed by atoms with Crippen molar-refractivity contribution in [1.82, 2.24) is 4.90 Å². The Bertz CT molecular complexity index is 618. The van der Waals surface area contributed by atoms with Crippen LogP contribution in [-0.2, 0) is 4.74 Å². The Morgan fingerprint density at radius 1 is 1.12 bits per heavy atom. The molecule has 5 atom stereocenters. The monoisotopic (exact) mass is 353 g/mol. The van der Waals surface area contributed by atoms with Crippen LogP contribution in [0.3, 0.4) is 0 Å². The lowest BCUT2D eigenvalue weighted by atomic mass is 9.97. The molecule has 0 aromatic heterocycles. The van der Waals surface area contributed by atoms with E-state index >= 15 is 0 Å². The third kappa shape index (κ3) is 2.64. The van der Waals surface area contributed by atoms with Gasteiger partial charge in [-0.1, -0.05) is 19.1 Å². The predicted molar refractivity (Wildman–Crippen MR) is 86.6 cm³/mol. The number of benzene rings is 1. The fourth-order valence-corrected chi connectivity index (χ4v) is 4.15. The second-order valence-electron chi connectivity index (χ2n) is 5.68.